The summed E-state index contributed by atoms with van der Waals surface area (Å²) in [4.78, 5) is 35.9. The minimum Gasteiger partial charge on any atom is -0.444 e. The molecule has 4 aromatic rings. The van der Waals surface area contributed by atoms with E-state index in [9.17, 15) is 9.59 Å². The largest absolute Gasteiger partial charge is 0.444 e. The second kappa shape index (κ2) is 10.9. The highest BCUT2D eigenvalue weighted by atomic mass is 16.6. The maximum Gasteiger partial charge on any atom is 0.437 e. The van der Waals surface area contributed by atoms with Gasteiger partial charge in [0.05, 0.1) is 0 Å². The van der Waals surface area contributed by atoms with Crippen LogP contribution in [0.25, 0.3) is 10.8 Å². The number of ether oxygens (including phenoxy) is 2. The lowest BCUT2D eigenvalue weighted by Crippen LogP contribution is -2.45. The molecule has 1 unspecified atom stereocenters. The number of alkyl carbamates (subject to hydrolysis) is 1. The predicted molar refractivity (Wildman–Crippen MR) is 141 cm³/mol. The average Bonchev–Trinajstić information content (AvgIpc) is 3.28. The van der Waals surface area contributed by atoms with Crippen molar-refractivity contribution in [3.63, 3.8) is 0 Å². The van der Waals surface area contributed by atoms with Crippen molar-refractivity contribution in [1.82, 2.24) is 10.3 Å². The number of carbonyl (C=O) groups is 2. The molecule has 0 fully saturated rings. The lowest BCUT2D eigenvalue weighted by Gasteiger charge is -2.21. The Balaban J connectivity index is 1.40. The maximum absolute atomic E-state index is 12.7. The van der Waals surface area contributed by atoms with Crippen molar-refractivity contribution in [3.05, 3.63) is 108 Å². The van der Waals surface area contributed by atoms with Crippen molar-refractivity contribution in [2.24, 2.45) is 4.99 Å². The highest BCUT2D eigenvalue weighted by Crippen LogP contribution is 2.39. The fourth-order valence-corrected chi connectivity index (χ4v) is 4.36. The summed E-state index contributed by atoms with van der Waals surface area (Å²) in [6, 6.07) is 26.6. The van der Waals surface area contributed by atoms with E-state index in [-0.39, 0.29) is 25.1 Å². The molecular formula is C29H26N4O4. The Morgan fingerprint density at radius 1 is 0.919 bits per heavy atom. The van der Waals surface area contributed by atoms with E-state index in [1.54, 1.807) is 11.1 Å². The van der Waals surface area contributed by atoms with Crippen molar-refractivity contribution in [1.29, 1.82) is 0 Å². The summed E-state index contributed by atoms with van der Waals surface area (Å²) < 4.78 is 10.7. The Morgan fingerprint density at radius 3 is 2.24 bits per heavy atom. The number of benzene rings is 3. The van der Waals surface area contributed by atoms with Crippen LogP contribution in [0.2, 0.25) is 0 Å². The number of anilines is 1. The van der Waals surface area contributed by atoms with Gasteiger partial charge in [-0.3, -0.25) is 10.2 Å². The zero-order chi connectivity index (χ0) is 25.6. The fourth-order valence-electron chi connectivity index (χ4n) is 4.36. The van der Waals surface area contributed by atoms with Gasteiger partial charge in [-0.15, -0.1) is 4.99 Å². The second-order valence-corrected chi connectivity index (χ2v) is 8.76. The van der Waals surface area contributed by atoms with E-state index in [4.69, 9.17) is 9.47 Å². The molecule has 1 atom stereocenters. The molecule has 2 amide bonds. The molecule has 5 rings (SSSR count). The number of fused-ring (bicyclic) bond motifs is 3. The standard InChI is InChI=1S/C29H26N4O4/c1-20-17-33(26-25(20)24-15-9-8-14-23(24)16-30-26)27(31-28(34)36-18-21-10-4-2-5-11-21)32-29(35)37-19-22-12-6-3-7-13-22/h2-16,20H,17-19H2,1H3,(H,31,32,34,35). The number of nitrogens with one attached hydrogen (secondary N) is 1. The summed E-state index contributed by atoms with van der Waals surface area (Å²) in [5.41, 5.74) is 2.70. The van der Waals surface area contributed by atoms with E-state index in [2.05, 4.69) is 22.2 Å². The number of amides is 2. The zero-order valence-electron chi connectivity index (χ0n) is 20.3. The van der Waals surface area contributed by atoms with Crippen LogP contribution < -0.4 is 10.2 Å². The maximum atomic E-state index is 12.7. The van der Waals surface area contributed by atoms with Crippen molar-refractivity contribution < 1.29 is 19.1 Å². The molecule has 37 heavy (non-hydrogen) atoms. The number of nitrogens with zero attached hydrogens (tertiary/aromatic N) is 3. The Morgan fingerprint density at radius 2 is 1.54 bits per heavy atom. The number of hydrogen-bond acceptors (Lipinski definition) is 5. The second-order valence-electron chi connectivity index (χ2n) is 8.76. The monoisotopic (exact) mass is 494 g/mol. The highest BCUT2D eigenvalue weighted by Gasteiger charge is 2.33. The third kappa shape index (κ3) is 5.59. The van der Waals surface area contributed by atoms with Crippen LogP contribution >= 0.6 is 0 Å². The summed E-state index contributed by atoms with van der Waals surface area (Å²) in [6.45, 7) is 2.69. The van der Waals surface area contributed by atoms with E-state index in [0.29, 0.717) is 12.4 Å². The lowest BCUT2D eigenvalue weighted by atomic mass is 9.99. The van der Waals surface area contributed by atoms with Crippen molar-refractivity contribution in [2.45, 2.75) is 26.1 Å². The number of rotatable bonds is 4. The van der Waals surface area contributed by atoms with Gasteiger partial charge in [0, 0.05) is 29.6 Å². The van der Waals surface area contributed by atoms with Gasteiger partial charge < -0.3 is 9.47 Å². The quantitative estimate of drug-likeness (QED) is 0.286. The molecule has 186 valence electrons. The van der Waals surface area contributed by atoms with Gasteiger partial charge in [-0.1, -0.05) is 91.9 Å². The van der Waals surface area contributed by atoms with Crippen LogP contribution in [0.5, 0.6) is 0 Å². The molecule has 0 radical (unpaired) electrons. The lowest BCUT2D eigenvalue weighted by molar-refractivity contribution is 0.144. The molecule has 1 aliphatic rings. The van der Waals surface area contributed by atoms with E-state index >= 15 is 0 Å². The number of pyridine rings is 1. The molecule has 8 heteroatoms. The summed E-state index contributed by atoms with van der Waals surface area (Å²) in [6.07, 6.45) is 0.211. The van der Waals surface area contributed by atoms with Crippen LogP contribution in [0.3, 0.4) is 0 Å². The fraction of sp³-hybridized carbons (Fsp3) is 0.172. The normalized spacial score (nSPS) is 14.8. The number of guanidine groups is 1. The zero-order valence-corrected chi connectivity index (χ0v) is 20.3. The Kier molecular flexibility index (Phi) is 7.07. The van der Waals surface area contributed by atoms with Gasteiger partial charge in [0.2, 0.25) is 5.96 Å². The molecule has 0 saturated carbocycles. The topological polar surface area (TPSA) is 93.1 Å². The van der Waals surface area contributed by atoms with Gasteiger partial charge in [-0.25, -0.2) is 14.6 Å². The number of aromatic nitrogens is 1. The summed E-state index contributed by atoms with van der Waals surface area (Å²) in [7, 11) is 0. The molecule has 0 bridgehead atoms. The molecule has 1 N–H and O–H groups in total. The van der Waals surface area contributed by atoms with Gasteiger partial charge in [0.25, 0.3) is 0 Å². The van der Waals surface area contributed by atoms with E-state index < -0.39 is 12.2 Å². The number of hydrogen-bond donors (Lipinski definition) is 1. The molecule has 2 heterocycles. The molecule has 8 nitrogen and oxygen atoms in total. The van der Waals surface area contributed by atoms with Gasteiger partial charge >= 0.3 is 12.2 Å². The van der Waals surface area contributed by atoms with Crippen LogP contribution in [-0.2, 0) is 22.7 Å². The Labute approximate surface area is 214 Å². The van der Waals surface area contributed by atoms with Crippen LogP contribution in [0.1, 0.15) is 29.5 Å². The highest BCUT2D eigenvalue weighted by molar-refractivity contribution is 6.09. The first kappa shape index (κ1) is 24.0. The Hall–Kier alpha value is -4.72. The molecular weight excluding hydrogens is 468 g/mol. The molecule has 0 spiro atoms. The average molecular weight is 495 g/mol. The van der Waals surface area contributed by atoms with Crippen molar-refractivity contribution in [2.75, 3.05) is 11.4 Å². The number of carbonyl (C=O) groups excluding carboxylic acids is 2. The van der Waals surface area contributed by atoms with Crippen molar-refractivity contribution >= 4 is 34.7 Å². The van der Waals surface area contributed by atoms with Crippen LogP contribution in [-0.4, -0.2) is 29.7 Å². The van der Waals surface area contributed by atoms with E-state index in [1.807, 2.05) is 84.9 Å². The smallest absolute Gasteiger partial charge is 0.437 e. The van der Waals surface area contributed by atoms with Crippen LogP contribution in [0, 0.1) is 0 Å². The van der Waals surface area contributed by atoms with Crippen molar-refractivity contribution in [3.8, 4) is 0 Å². The van der Waals surface area contributed by atoms with E-state index in [0.717, 1.165) is 27.5 Å². The first-order chi connectivity index (χ1) is 18.1. The van der Waals surface area contributed by atoms with Gasteiger partial charge in [-0.2, -0.15) is 0 Å². The first-order valence-electron chi connectivity index (χ1n) is 12.0. The summed E-state index contributed by atoms with van der Waals surface area (Å²) in [5.74, 6) is 0.718. The minimum absolute atomic E-state index is 0.00417. The third-order valence-electron chi connectivity index (χ3n) is 6.11. The van der Waals surface area contributed by atoms with Gasteiger partial charge in [0.1, 0.15) is 19.0 Å². The van der Waals surface area contributed by atoms with E-state index in [1.165, 1.54) is 0 Å². The SMILES string of the molecule is CC1CN(/C(=N/C(=O)OCc2ccccc2)NC(=O)OCc2ccccc2)c2ncc3ccccc3c21. The van der Waals surface area contributed by atoms with Crippen LogP contribution in [0.15, 0.2) is 96.1 Å². The van der Waals surface area contributed by atoms with Gasteiger partial charge in [-0.05, 0) is 16.5 Å². The van der Waals surface area contributed by atoms with Crippen LogP contribution in [0.4, 0.5) is 15.4 Å². The summed E-state index contributed by atoms with van der Waals surface area (Å²) in [5, 5.41) is 4.73. The summed E-state index contributed by atoms with van der Waals surface area (Å²) >= 11 is 0. The molecule has 1 aliphatic heterocycles. The molecule has 3 aromatic carbocycles. The Bertz CT molecular complexity index is 1440. The van der Waals surface area contributed by atoms with Gasteiger partial charge in [0.15, 0.2) is 0 Å². The predicted octanol–water partition coefficient (Wildman–Crippen LogP) is 5.78. The first-order valence-corrected chi connectivity index (χ1v) is 12.0. The molecule has 0 saturated heterocycles. The minimum atomic E-state index is -0.830. The number of aliphatic imine (C=N–C) groups is 1. The third-order valence-corrected chi connectivity index (χ3v) is 6.11. The molecule has 0 aliphatic carbocycles. The molecule has 1 aromatic heterocycles.